The Labute approximate surface area is 128 Å². The van der Waals surface area contributed by atoms with E-state index < -0.39 is 0 Å². The average molecular weight is 314 g/mol. The largest absolute Gasteiger partial charge is 0.393 e. The molecule has 1 aliphatic heterocycles. The standard InChI is InChI=1S/C14H22N2O2S2/c1-2-11-12(20-8-7-19-11)13-15-14(18-16-13)9-3-5-10(17)6-4-9/h9-12,17H,2-8H2,1H3. The first-order valence-corrected chi connectivity index (χ1v) is 9.62. The maximum atomic E-state index is 9.58. The van der Waals surface area contributed by atoms with E-state index in [0.29, 0.717) is 16.4 Å². The number of rotatable bonds is 3. The number of aliphatic hydroxyl groups excluding tert-OH is 1. The van der Waals surface area contributed by atoms with Crippen LogP contribution in [-0.2, 0) is 0 Å². The zero-order valence-electron chi connectivity index (χ0n) is 11.8. The maximum absolute atomic E-state index is 9.58. The van der Waals surface area contributed by atoms with Gasteiger partial charge in [0.15, 0.2) is 5.82 Å². The van der Waals surface area contributed by atoms with Crippen molar-refractivity contribution < 1.29 is 9.63 Å². The summed E-state index contributed by atoms with van der Waals surface area (Å²) in [6.07, 6.45) is 4.66. The molecule has 0 amide bonds. The van der Waals surface area contributed by atoms with Crippen LogP contribution in [0.5, 0.6) is 0 Å². The van der Waals surface area contributed by atoms with Gasteiger partial charge in [-0.05, 0) is 32.1 Å². The van der Waals surface area contributed by atoms with E-state index in [2.05, 4.69) is 17.1 Å². The van der Waals surface area contributed by atoms with Gasteiger partial charge in [-0.1, -0.05) is 12.1 Å². The van der Waals surface area contributed by atoms with Gasteiger partial charge in [-0.15, -0.1) is 11.8 Å². The predicted molar refractivity (Wildman–Crippen MR) is 83.2 cm³/mol. The Hall–Kier alpha value is -0.200. The van der Waals surface area contributed by atoms with Gasteiger partial charge in [0, 0.05) is 22.7 Å². The monoisotopic (exact) mass is 314 g/mol. The second kappa shape index (κ2) is 6.71. The first-order chi connectivity index (χ1) is 9.78. The summed E-state index contributed by atoms with van der Waals surface area (Å²) >= 11 is 4.00. The lowest BCUT2D eigenvalue weighted by Crippen LogP contribution is -2.20. The highest BCUT2D eigenvalue weighted by Gasteiger charge is 2.32. The van der Waals surface area contributed by atoms with E-state index in [1.165, 1.54) is 11.5 Å². The van der Waals surface area contributed by atoms with Crippen molar-refractivity contribution in [1.82, 2.24) is 10.1 Å². The quantitative estimate of drug-likeness (QED) is 0.923. The van der Waals surface area contributed by atoms with Gasteiger partial charge in [-0.2, -0.15) is 16.7 Å². The van der Waals surface area contributed by atoms with Crippen molar-refractivity contribution in [3.63, 3.8) is 0 Å². The minimum atomic E-state index is -0.136. The lowest BCUT2D eigenvalue weighted by atomic mass is 9.87. The Balaban J connectivity index is 1.69. The highest BCUT2D eigenvalue weighted by Crippen LogP contribution is 2.43. The molecule has 0 aromatic carbocycles. The number of nitrogens with zero attached hydrogens (tertiary/aromatic N) is 2. The van der Waals surface area contributed by atoms with Crippen LogP contribution in [0.1, 0.15) is 61.9 Å². The number of hydrogen-bond acceptors (Lipinski definition) is 6. The Morgan fingerprint density at radius 3 is 2.70 bits per heavy atom. The van der Waals surface area contributed by atoms with E-state index in [1.807, 2.05) is 23.5 Å². The summed E-state index contributed by atoms with van der Waals surface area (Å²) in [6, 6.07) is 0. The first-order valence-electron chi connectivity index (χ1n) is 7.52. The molecule has 2 fully saturated rings. The minimum Gasteiger partial charge on any atom is -0.393 e. The van der Waals surface area contributed by atoms with Gasteiger partial charge in [-0.25, -0.2) is 0 Å². The zero-order valence-corrected chi connectivity index (χ0v) is 13.5. The summed E-state index contributed by atoms with van der Waals surface area (Å²) in [4.78, 5) is 4.69. The van der Waals surface area contributed by atoms with Crippen LogP contribution in [0.4, 0.5) is 0 Å². The third kappa shape index (κ3) is 3.17. The highest BCUT2D eigenvalue weighted by molar-refractivity contribution is 8.06. The van der Waals surface area contributed by atoms with Crippen LogP contribution in [0.25, 0.3) is 0 Å². The second-order valence-corrected chi connectivity index (χ2v) is 8.20. The molecular formula is C14H22N2O2S2. The van der Waals surface area contributed by atoms with Gasteiger partial charge in [0.25, 0.3) is 0 Å². The van der Waals surface area contributed by atoms with Gasteiger partial charge in [0.1, 0.15) is 0 Å². The first kappa shape index (κ1) is 14.7. The fourth-order valence-corrected chi connectivity index (χ4v) is 5.98. The molecule has 6 heteroatoms. The zero-order chi connectivity index (χ0) is 13.9. The Morgan fingerprint density at radius 1 is 1.20 bits per heavy atom. The molecule has 2 heterocycles. The Morgan fingerprint density at radius 2 is 1.95 bits per heavy atom. The van der Waals surface area contributed by atoms with Crippen molar-refractivity contribution in [2.24, 2.45) is 0 Å². The third-order valence-electron chi connectivity index (χ3n) is 4.21. The van der Waals surface area contributed by atoms with Gasteiger partial charge in [0.2, 0.25) is 5.89 Å². The summed E-state index contributed by atoms with van der Waals surface area (Å²) in [7, 11) is 0. The molecular weight excluding hydrogens is 292 g/mol. The topological polar surface area (TPSA) is 59.2 Å². The van der Waals surface area contributed by atoms with Crippen LogP contribution in [-0.4, -0.2) is 38.1 Å². The van der Waals surface area contributed by atoms with Crippen LogP contribution >= 0.6 is 23.5 Å². The summed E-state index contributed by atoms with van der Waals surface area (Å²) in [6.45, 7) is 2.24. The van der Waals surface area contributed by atoms with Crippen molar-refractivity contribution >= 4 is 23.5 Å². The van der Waals surface area contributed by atoms with Crippen molar-refractivity contribution in [2.75, 3.05) is 11.5 Å². The van der Waals surface area contributed by atoms with Crippen molar-refractivity contribution in [3.05, 3.63) is 11.7 Å². The summed E-state index contributed by atoms with van der Waals surface area (Å²) in [5, 5.41) is 14.8. The van der Waals surface area contributed by atoms with Crippen LogP contribution in [0.2, 0.25) is 0 Å². The fourth-order valence-electron chi connectivity index (χ4n) is 2.99. The van der Waals surface area contributed by atoms with E-state index in [1.54, 1.807) is 0 Å². The number of hydrogen-bond donors (Lipinski definition) is 1. The van der Waals surface area contributed by atoms with E-state index in [-0.39, 0.29) is 6.10 Å². The van der Waals surface area contributed by atoms with E-state index >= 15 is 0 Å². The van der Waals surface area contributed by atoms with E-state index in [9.17, 15) is 5.11 Å². The Kier molecular flexibility index (Phi) is 4.94. The molecule has 1 aromatic heterocycles. The van der Waals surface area contributed by atoms with Gasteiger partial charge in [-0.3, -0.25) is 0 Å². The molecule has 1 saturated heterocycles. The van der Waals surface area contributed by atoms with Gasteiger partial charge < -0.3 is 9.63 Å². The van der Waals surface area contributed by atoms with Crippen molar-refractivity contribution in [3.8, 4) is 0 Å². The summed E-state index contributed by atoms with van der Waals surface area (Å²) in [5.74, 6) is 4.42. The predicted octanol–water partition coefficient (Wildman–Crippen LogP) is 3.39. The fraction of sp³-hybridized carbons (Fsp3) is 0.857. The highest BCUT2D eigenvalue weighted by atomic mass is 32.2. The lowest BCUT2D eigenvalue weighted by Gasteiger charge is -2.27. The molecule has 20 heavy (non-hydrogen) atoms. The minimum absolute atomic E-state index is 0.136. The lowest BCUT2D eigenvalue weighted by molar-refractivity contribution is 0.116. The number of aromatic nitrogens is 2. The molecule has 1 aromatic rings. The molecule has 1 aliphatic carbocycles. The molecule has 0 radical (unpaired) electrons. The Bertz CT molecular complexity index is 433. The normalized spacial score (nSPS) is 35.1. The van der Waals surface area contributed by atoms with E-state index in [4.69, 9.17) is 4.52 Å². The van der Waals surface area contributed by atoms with Crippen LogP contribution in [0, 0.1) is 0 Å². The molecule has 0 spiro atoms. The van der Waals surface area contributed by atoms with Gasteiger partial charge in [0.05, 0.1) is 11.4 Å². The molecule has 4 nitrogen and oxygen atoms in total. The van der Waals surface area contributed by atoms with Crippen molar-refractivity contribution in [1.29, 1.82) is 0 Å². The van der Waals surface area contributed by atoms with Gasteiger partial charge >= 0.3 is 0 Å². The molecule has 1 saturated carbocycles. The molecule has 112 valence electrons. The molecule has 2 unspecified atom stereocenters. The molecule has 2 aliphatic rings. The maximum Gasteiger partial charge on any atom is 0.229 e. The number of aliphatic hydroxyl groups is 1. The molecule has 2 atom stereocenters. The number of thioether (sulfide) groups is 2. The summed E-state index contributed by atoms with van der Waals surface area (Å²) < 4.78 is 5.52. The van der Waals surface area contributed by atoms with Crippen LogP contribution in [0.15, 0.2) is 4.52 Å². The second-order valence-electron chi connectivity index (χ2n) is 5.61. The van der Waals surface area contributed by atoms with Crippen LogP contribution in [0.3, 0.4) is 0 Å². The third-order valence-corrected chi connectivity index (χ3v) is 7.45. The average Bonchev–Trinajstić information content (AvgIpc) is 2.97. The SMILES string of the molecule is CCC1SCCSC1c1noc(C2CCC(O)CC2)n1. The van der Waals surface area contributed by atoms with Crippen molar-refractivity contribution in [2.45, 2.75) is 61.5 Å². The summed E-state index contributed by atoms with van der Waals surface area (Å²) in [5.41, 5.74) is 0. The van der Waals surface area contributed by atoms with E-state index in [0.717, 1.165) is 43.8 Å². The molecule has 1 N–H and O–H groups in total. The molecule has 3 rings (SSSR count). The van der Waals surface area contributed by atoms with Crippen LogP contribution < -0.4 is 0 Å². The smallest absolute Gasteiger partial charge is 0.229 e. The molecule has 0 bridgehead atoms.